The molecule has 3 aromatic heterocycles. The molecule has 96 valence electrons. The van der Waals surface area contributed by atoms with Crippen molar-refractivity contribution in [3.8, 4) is 0 Å². The van der Waals surface area contributed by atoms with Crippen LogP contribution in [0, 0.1) is 0 Å². The summed E-state index contributed by atoms with van der Waals surface area (Å²) in [5.74, 6) is 0.712. The zero-order valence-corrected chi connectivity index (χ0v) is 11.2. The van der Waals surface area contributed by atoms with Gasteiger partial charge in [-0.3, -0.25) is 9.78 Å². The Kier molecular flexibility index (Phi) is 3.08. The van der Waals surface area contributed by atoms with Crippen molar-refractivity contribution in [2.45, 2.75) is 19.9 Å². The molecule has 0 unspecified atom stereocenters. The number of hydrogen-bond donors (Lipinski definition) is 0. The van der Waals surface area contributed by atoms with Crippen LogP contribution in [0.25, 0.3) is 10.2 Å². The van der Waals surface area contributed by atoms with Gasteiger partial charge in [-0.2, -0.15) is 5.10 Å². The molecule has 0 aliphatic heterocycles. The number of aryl methyl sites for hydroxylation is 1. The Morgan fingerprint density at radius 2 is 2.32 bits per heavy atom. The van der Waals surface area contributed by atoms with Crippen LogP contribution in [0.1, 0.15) is 23.1 Å². The number of fused-ring (bicyclic) bond motifs is 1. The number of thiophene rings is 1. The molecule has 0 spiro atoms. The van der Waals surface area contributed by atoms with Gasteiger partial charge in [-0.05, 0) is 24.4 Å². The summed E-state index contributed by atoms with van der Waals surface area (Å²) in [5.41, 5.74) is 1.55. The van der Waals surface area contributed by atoms with Gasteiger partial charge in [-0.25, -0.2) is 9.67 Å². The normalized spacial score (nSPS) is 11.0. The highest BCUT2D eigenvalue weighted by Crippen LogP contribution is 2.20. The number of rotatable bonds is 4. The lowest BCUT2D eigenvalue weighted by Crippen LogP contribution is -2.11. The molecule has 0 aliphatic carbocycles. The first-order valence-corrected chi connectivity index (χ1v) is 6.89. The highest BCUT2D eigenvalue weighted by Gasteiger charge is 2.12. The minimum absolute atomic E-state index is 0.0190. The quantitative estimate of drug-likeness (QED) is 0.684. The number of pyridine rings is 1. The van der Waals surface area contributed by atoms with Gasteiger partial charge in [-0.1, -0.05) is 0 Å². The van der Waals surface area contributed by atoms with E-state index in [1.165, 1.54) is 6.33 Å². The Hall–Kier alpha value is -2.08. The zero-order chi connectivity index (χ0) is 13.2. The van der Waals surface area contributed by atoms with E-state index >= 15 is 0 Å². The van der Waals surface area contributed by atoms with Crippen molar-refractivity contribution in [3.05, 3.63) is 41.4 Å². The largest absolute Gasteiger partial charge is 0.294 e. The van der Waals surface area contributed by atoms with Crippen LogP contribution in [-0.4, -0.2) is 25.5 Å². The van der Waals surface area contributed by atoms with E-state index in [1.807, 2.05) is 24.4 Å². The number of aromatic nitrogens is 4. The second-order valence-corrected chi connectivity index (χ2v) is 5.07. The summed E-state index contributed by atoms with van der Waals surface area (Å²) >= 11 is 1.59. The fourth-order valence-electron chi connectivity index (χ4n) is 1.93. The maximum absolute atomic E-state index is 12.2. The maximum Gasteiger partial charge on any atom is 0.172 e. The van der Waals surface area contributed by atoms with Crippen molar-refractivity contribution < 1.29 is 4.79 Å². The lowest BCUT2D eigenvalue weighted by atomic mass is 10.1. The van der Waals surface area contributed by atoms with E-state index in [1.54, 1.807) is 22.2 Å². The molecule has 0 bridgehead atoms. The van der Waals surface area contributed by atoms with Crippen LogP contribution < -0.4 is 0 Å². The minimum atomic E-state index is 0.0190. The van der Waals surface area contributed by atoms with Crippen LogP contribution in [0.4, 0.5) is 0 Å². The summed E-state index contributed by atoms with van der Waals surface area (Å²) in [6, 6.07) is 3.84. The van der Waals surface area contributed by atoms with Crippen molar-refractivity contribution in [2.75, 3.05) is 0 Å². The Balaban J connectivity index is 1.87. The fraction of sp³-hybridized carbons (Fsp3) is 0.231. The van der Waals surface area contributed by atoms with E-state index in [0.29, 0.717) is 17.9 Å². The Morgan fingerprint density at radius 1 is 1.42 bits per heavy atom. The third-order valence-electron chi connectivity index (χ3n) is 2.94. The minimum Gasteiger partial charge on any atom is -0.294 e. The van der Waals surface area contributed by atoms with Gasteiger partial charge < -0.3 is 0 Å². The molecule has 3 aromatic rings. The standard InChI is InChI=1S/C13H12N4OS/c1-2-17-13(15-8-16-17)6-11(18)9-5-12-10(14-7-9)3-4-19-12/h3-5,7-8H,2,6H2,1H3. The van der Waals surface area contributed by atoms with Gasteiger partial charge in [0.15, 0.2) is 5.78 Å². The van der Waals surface area contributed by atoms with Gasteiger partial charge in [0.2, 0.25) is 0 Å². The van der Waals surface area contributed by atoms with E-state index in [0.717, 1.165) is 10.2 Å². The average Bonchev–Trinajstić information content (AvgIpc) is 3.05. The molecular formula is C13H12N4OS. The third kappa shape index (κ3) is 2.26. The summed E-state index contributed by atoms with van der Waals surface area (Å²) in [6.45, 7) is 2.69. The van der Waals surface area contributed by atoms with Crippen LogP contribution in [0.3, 0.4) is 0 Å². The van der Waals surface area contributed by atoms with Gasteiger partial charge in [0.1, 0.15) is 12.2 Å². The van der Waals surface area contributed by atoms with E-state index in [9.17, 15) is 4.79 Å². The molecule has 0 radical (unpaired) electrons. The molecule has 0 N–H and O–H groups in total. The maximum atomic E-state index is 12.2. The summed E-state index contributed by atoms with van der Waals surface area (Å²) in [7, 11) is 0. The van der Waals surface area contributed by atoms with E-state index < -0.39 is 0 Å². The van der Waals surface area contributed by atoms with Crippen LogP contribution >= 0.6 is 11.3 Å². The first-order valence-electron chi connectivity index (χ1n) is 6.01. The Labute approximate surface area is 113 Å². The molecule has 0 saturated carbocycles. The van der Waals surface area contributed by atoms with Gasteiger partial charge in [0, 0.05) is 18.3 Å². The molecule has 3 rings (SSSR count). The lowest BCUT2D eigenvalue weighted by Gasteiger charge is -2.02. The molecule has 0 saturated heterocycles. The molecule has 19 heavy (non-hydrogen) atoms. The summed E-state index contributed by atoms with van der Waals surface area (Å²) in [4.78, 5) is 20.6. The SMILES string of the molecule is CCn1ncnc1CC(=O)c1cnc2ccsc2c1. The summed E-state index contributed by atoms with van der Waals surface area (Å²) in [6.07, 6.45) is 3.36. The van der Waals surface area contributed by atoms with Crippen molar-refractivity contribution in [1.29, 1.82) is 0 Å². The van der Waals surface area contributed by atoms with Crippen LogP contribution in [0.5, 0.6) is 0 Å². The fourth-order valence-corrected chi connectivity index (χ4v) is 2.71. The molecule has 3 heterocycles. The molecule has 0 aliphatic rings. The zero-order valence-electron chi connectivity index (χ0n) is 10.4. The molecule has 6 heteroatoms. The van der Waals surface area contributed by atoms with E-state index in [4.69, 9.17) is 0 Å². The number of hydrogen-bond acceptors (Lipinski definition) is 5. The van der Waals surface area contributed by atoms with Gasteiger partial charge >= 0.3 is 0 Å². The topological polar surface area (TPSA) is 60.7 Å². The van der Waals surface area contributed by atoms with Gasteiger partial charge in [0.25, 0.3) is 0 Å². The lowest BCUT2D eigenvalue weighted by molar-refractivity contribution is 0.0989. The highest BCUT2D eigenvalue weighted by atomic mass is 32.1. The molecule has 5 nitrogen and oxygen atoms in total. The summed E-state index contributed by atoms with van der Waals surface area (Å²) in [5, 5.41) is 6.03. The molecule has 0 amide bonds. The predicted molar refractivity (Wildman–Crippen MR) is 73.4 cm³/mol. The summed E-state index contributed by atoms with van der Waals surface area (Å²) < 4.78 is 2.76. The average molecular weight is 272 g/mol. The Bertz CT molecular complexity index is 731. The number of nitrogens with zero attached hydrogens (tertiary/aromatic N) is 4. The van der Waals surface area contributed by atoms with Crippen LogP contribution in [0.15, 0.2) is 30.0 Å². The van der Waals surface area contributed by atoms with Crippen molar-refractivity contribution in [2.24, 2.45) is 0 Å². The second kappa shape index (κ2) is 4.89. The predicted octanol–water partition coefficient (Wildman–Crippen LogP) is 2.33. The Morgan fingerprint density at radius 3 is 3.16 bits per heavy atom. The third-order valence-corrected chi connectivity index (χ3v) is 3.79. The molecular weight excluding hydrogens is 260 g/mol. The molecule has 0 aromatic carbocycles. The van der Waals surface area contributed by atoms with Gasteiger partial charge in [-0.15, -0.1) is 11.3 Å². The van der Waals surface area contributed by atoms with Crippen molar-refractivity contribution >= 4 is 27.3 Å². The number of carbonyl (C=O) groups excluding carboxylic acids is 1. The van der Waals surface area contributed by atoms with Crippen molar-refractivity contribution in [1.82, 2.24) is 19.7 Å². The first-order chi connectivity index (χ1) is 9.28. The highest BCUT2D eigenvalue weighted by molar-refractivity contribution is 7.17. The van der Waals surface area contributed by atoms with Gasteiger partial charge in [0.05, 0.1) is 16.6 Å². The number of carbonyl (C=O) groups is 1. The smallest absolute Gasteiger partial charge is 0.172 e. The molecule has 0 fully saturated rings. The van der Waals surface area contributed by atoms with E-state index in [2.05, 4.69) is 15.1 Å². The second-order valence-electron chi connectivity index (χ2n) is 4.12. The van der Waals surface area contributed by atoms with Crippen molar-refractivity contribution in [3.63, 3.8) is 0 Å². The number of Topliss-reactive ketones (excluding diaryl/α,β-unsaturated/α-hetero) is 1. The van der Waals surface area contributed by atoms with Crippen LogP contribution in [0.2, 0.25) is 0 Å². The first kappa shape index (κ1) is 12.0. The molecule has 0 atom stereocenters. The number of ketones is 1. The van der Waals surface area contributed by atoms with E-state index in [-0.39, 0.29) is 12.2 Å². The van der Waals surface area contributed by atoms with Crippen LogP contribution in [-0.2, 0) is 13.0 Å². The monoisotopic (exact) mass is 272 g/mol.